The largest absolute Gasteiger partial charge is 0.397 e. The maximum atomic E-state index is 6.16. The van der Waals surface area contributed by atoms with Crippen molar-refractivity contribution in [3.63, 3.8) is 0 Å². The lowest BCUT2D eigenvalue weighted by Gasteiger charge is -2.26. The van der Waals surface area contributed by atoms with Crippen LogP contribution >= 0.6 is 11.3 Å². The molecular formula is C16H18N8S. The normalized spacial score (nSPS) is 15.5. The number of anilines is 2. The van der Waals surface area contributed by atoms with Gasteiger partial charge < -0.3 is 20.9 Å². The van der Waals surface area contributed by atoms with Crippen molar-refractivity contribution in [1.29, 1.82) is 0 Å². The number of hydrogen-bond donors (Lipinski definition) is 3. The van der Waals surface area contributed by atoms with E-state index in [4.69, 9.17) is 15.7 Å². The zero-order valence-corrected chi connectivity index (χ0v) is 14.6. The third kappa shape index (κ3) is 2.43. The van der Waals surface area contributed by atoms with Gasteiger partial charge in [0.25, 0.3) is 0 Å². The highest BCUT2D eigenvalue weighted by atomic mass is 32.1. The fourth-order valence-corrected chi connectivity index (χ4v) is 4.20. The van der Waals surface area contributed by atoms with Crippen LogP contribution in [0.25, 0.3) is 32.8 Å². The van der Waals surface area contributed by atoms with E-state index in [0.717, 1.165) is 64.1 Å². The zero-order valence-electron chi connectivity index (χ0n) is 13.8. The Labute approximate surface area is 147 Å². The molecule has 1 saturated heterocycles. The van der Waals surface area contributed by atoms with Crippen LogP contribution in [0.2, 0.25) is 0 Å². The first-order valence-corrected chi connectivity index (χ1v) is 9.04. The maximum absolute atomic E-state index is 6.16. The van der Waals surface area contributed by atoms with Crippen molar-refractivity contribution in [2.45, 2.75) is 0 Å². The van der Waals surface area contributed by atoms with Crippen LogP contribution in [0.5, 0.6) is 0 Å². The predicted octanol–water partition coefficient (Wildman–Crippen LogP) is 1.56. The van der Waals surface area contributed by atoms with Crippen molar-refractivity contribution in [2.75, 3.05) is 36.8 Å². The first kappa shape index (κ1) is 14.7. The molecule has 1 aromatic carbocycles. The summed E-state index contributed by atoms with van der Waals surface area (Å²) >= 11 is 1.63. The summed E-state index contributed by atoms with van der Waals surface area (Å²) in [6.07, 6.45) is 1.96. The second kappa shape index (κ2) is 5.43. The van der Waals surface area contributed by atoms with Crippen LogP contribution in [0.15, 0.2) is 18.3 Å². The number of nitrogen functional groups attached to an aromatic ring is 1. The summed E-state index contributed by atoms with van der Waals surface area (Å²) in [6.45, 7) is 3.96. The molecule has 0 spiro atoms. The van der Waals surface area contributed by atoms with Gasteiger partial charge in [-0.2, -0.15) is 5.10 Å². The minimum absolute atomic E-state index is 0.655. The Hall–Kier alpha value is -2.65. The van der Waals surface area contributed by atoms with Gasteiger partial charge in [0.1, 0.15) is 11.3 Å². The highest BCUT2D eigenvalue weighted by Crippen LogP contribution is 2.32. The third-order valence-corrected chi connectivity index (χ3v) is 5.47. The van der Waals surface area contributed by atoms with E-state index in [2.05, 4.69) is 26.4 Å². The molecule has 128 valence electrons. The molecule has 4 N–H and O–H groups in total. The Bertz CT molecular complexity index is 1040. The second-order valence-corrected chi connectivity index (χ2v) is 7.23. The summed E-state index contributed by atoms with van der Waals surface area (Å²) in [5, 5.41) is 9.78. The summed E-state index contributed by atoms with van der Waals surface area (Å²) in [5.74, 6) is 0.790. The molecule has 9 heteroatoms. The maximum Gasteiger partial charge on any atom is 0.189 e. The average molecular weight is 354 g/mol. The van der Waals surface area contributed by atoms with Gasteiger partial charge >= 0.3 is 0 Å². The predicted molar refractivity (Wildman–Crippen MR) is 101 cm³/mol. The standard InChI is InChI=1S/C16H18N8S/c1-23-8-10-6-9(7-11(17)12(10)22-23)13-19-14-15(20-13)25-16(21-14)24-4-2-18-3-5-24/h6-8,18H,2-5,17H2,1H3,(H,19,20). The van der Waals surface area contributed by atoms with Gasteiger partial charge in [-0.1, -0.05) is 11.3 Å². The number of benzene rings is 1. The Kier molecular flexibility index (Phi) is 3.19. The van der Waals surface area contributed by atoms with Crippen molar-refractivity contribution in [1.82, 2.24) is 30.0 Å². The minimum atomic E-state index is 0.655. The van der Waals surface area contributed by atoms with E-state index in [-0.39, 0.29) is 0 Å². The van der Waals surface area contributed by atoms with E-state index in [1.807, 2.05) is 19.3 Å². The van der Waals surface area contributed by atoms with Gasteiger partial charge in [0.2, 0.25) is 0 Å². The number of aromatic nitrogens is 5. The number of piperazine rings is 1. The number of H-pyrrole nitrogens is 1. The molecule has 0 atom stereocenters. The molecule has 3 aromatic heterocycles. The van der Waals surface area contributed by atoms with E-state index in [9.17, 15) is 0 Å². The lowest BCUT2D eigenvalue weighted by atomic mass is 10.1. The first-order valence-electron chi connectivity index (χ1n) is 8.23. The third-order valence-electron chi connectivity index (χ3n) is 4.46. The molecule has 1 fully saturated rings. The highest BCUT2D eigenvalue weighted by Gasteiger charge is 2.18. The van der Waals surface area contributed by atoms with Crippen molar-refractivity contribution >= 4 is 43.5 Å². The topological polar surface area (TPSA) is 101 Å². The molecule has 0 aliphatic carbocycles. The Morgan fingerprint density at radius 3 is 2.84 bits per heavy atom. The molecule has 5 rings (SSSR count). The summed E-state index contributed by atoms with van der Waals surface area (Å²) < 4.78 is 1.77. The van der Waals surface area contributed by atoms with E-state index >= 15 is 0 Å². The number of aromatic amines is 1. The summed E-state index contributed by atoms with van der Waals surface area (Å²) in [5.41, 5.74) is 9.41. The van der Waals surface area contributed by atoms with E-state index in [1.165, 1.54) is 0 Å². The molecule has 4 heterocycles. The molecule has 0 saturated carbocycles. The molecular weight excluding hydrogens is 336 g/mol. The van der Waals surface area contributed by atoms with Crippen LogP contribution in [0.3, 0.4) is 0 Å². The van der Waals surface area contributed by atoms with Gasteiger partial charge in [0.15, 0.2) is 15.6 Å². The minimum Gasteiger partial charge on any atom is -0.397 e. The van der Waals surface area contributed by atoms with E-state index < -0.39 is 0 Å². The summed E-state index contributed by atoms with van der Waals surface area (Å²) in [4.78, 5) is 16.0. The van der Waals surface area contributed by atoms with Crippen molar-refractivity contribution in [3.8, 4) is 11.4 Å². The van der Waals surface area contributed by atoms with Gasteiger partial charge in [-0.15, -0.1) is 0 Å². The molecule has 1 aliphatic heterocycles. The zero-order chi connectivity index (χ0) is 17.0. The van der Waals surface area contributed by atoms with Crippen molar-refractivity contribution < 1.29 is 0 Å². The van der Waals surface area contributed by atoms with Crippen LogP contribution in [-0.4, -0.2) is 50.9 Å². The number of nitrogens with zero attached hydrogens (tertiary/aromatic N) is 5. The molecule has 0 bridgehead atoms. The van der Waals surface area contributed by atoms with Crippen molar-refractivity contribution in [2.24, 2.45) is 7.05 Å². The van der Waals surface area contributed by atoms with Gasteiger partial charge in [0, 0.05) is 50.4 Å². The average Bonchev–Trinajstić information content (AvgIpc) is 3.27. The Balaban J connectivity index is 1.53. The molecule has 25 heavy (non-hydrogen) atoms. The number of rotatable bonds is 2. The molecule has 0 unspecified atom stereocenters. The molecule has 0 amide bonds. The fourth-order valence-electron chi connectivity index (χ4n) is 3.25. The number of imidazole rings is 1. The smallest absolute Gasteiger partial charge is 0.189 e. The quantitative estimate of drug-likeness (QED) is 0.472. The van der Waals surface area contributed by atoms with Gasteiger partial charge in [-0.3, -0.25) is 4.68 Å². The van der Waals surface area contributed by atoms with Crippen LogP contribution in [0.1, 0.15) is 0 Å². The Morgan fingerprint density at radius 1 is 1.20 bits per heavy atom. The van der Waals surface area contributed by atoms with Gasteiger partial charge in [-0.25, -0.2) is 9.97 Å². The van der Waals surface area contributed by atoms with Crippen LogP contribution < -0.4 is 16.0 Å². The SMILES string of the molecule is Cn1cc2cc(-c3nc4sc(N5CCNCC5)nc4[nH]3)cc(N)c2n1. The molecule has 1 aliphatic rings. The first-order chi connectivity index (χ1) is 12.2. The van der Waals surface area contributed by atoms with Crippen LogP contribution in [-0.2, 0) is 7.05 Å². The number of thiazole rings is 1. The number of nitrogens with two attached hydrogens (primary N) is 1. The van der Waals surface area contributed by atoms with Crippen LogP contribution in [0, 0.1) is 0 Å². The Morgan fingerprint density at radius 2 is 2.04 bits per heavy atom. The lowest BCUT2D eigenvalue weighted by Crippen LogP contribution is -2.43. The van der Waals surface area contributed by atoms with Gasteiger partial charge in [0.05, 0.1) is 5.69 Å². The van der Waals surface area contributed by atoms with Gasteiger partial charge in [-0.05, 0) is 12.1 Å². The van der Waals surface area contributed by atoms with E-state index in [1.54, 1.807) is 16.0 Å². The fraction of sp³-hybridized carbons (Fsp3) is 0.312. The molecule has 8 nitrogen and oxygen atoms in total. The number of aryl methyl sites for hydroxylation is 1. The number of hydrogen-bond acceptors (Lipinski definition) is 7. The monoisotopic (exact) mass is 354 g/mol. The molecule has 4 aromatic rings. The number of nitrogens with one attached hydrogen (secondary N) is 2. The lowest BCUT2D eigenvalue weighted by molar-refractivity contribution is 0.588. The van der Waals surface area contributed by atoms with Crippen LogP contribution in [0.4, 0.5) is 10.8 Å². The molecule has 0 radical (unpaired) electrons. The second-order valence-electron chi connectivity index (χ2n) is 6.28. The van der Waals surface area contributed by atoms with Crippen molar-refractivity contribution in [3.05, 3.63) is 18.3 Å². The van der Waals surface area contributed by atoms with E-state index in [0.29, 0.717) is 5.69 Å². The highest BCUT2D eigenvalue weighted by molar-refractivity contribution is 7.21. The number of fused-ring (bicyclic) bond motifs is 2. The summed E-state index contributed by atoms with van der Waals surface area (Å²) in [6, 6.07) is 3.97. The summed E-state index contributed by atoms with van der Waals surface area (Å²) in [7, 11) is 1.89.